The highest BCUT2D eigenvalue weighted by atomic mass is 19.1. The van der Waals surface area contributed by atoms with Crippen molar-refractivity contribution in [1.29, 1.82) is 0 Å². The minimum absolute atomic E-state index is 0.214. The summed E-state index contributed by atoms with van der Waals surface area (Å²) in [6.07, 6.45) is 4.78. The Bertz CT molecular complexity index is 962. The van der Waals surface area contributed by atoms with Gasteiger partial charge >= 0.3 is 5.97 Å². The maximum atomic E-state index is 13.8. The van der Waals surface area contributed by atoms with Crippen LogP contribution in [0.25, 0.3) is 10.9 Å². The van der Waals surface area contributed by atoms with E-state index in [1.807, 2.05) is 29.2 Å². The van der Waals surface area contributed by atoms with Crippen LogP contribution in [0.15, 0.2) is 48.9 Å². The van der Waals surface area contributed by atoms with Crippen LogP contribution in [-0.4, -0.2) is 34.1 Å². The Labute approximate surface area is 148 Å². The number of carboxylic acids is 1. The Morgan fingerprint density at radius 1 is 1.23 bits per heavy atom. The lowest BCUT2D eigenvalue weighted by atomic mass is 10.1. The summed E-state index contributed by atoms with van der Waals surface area (Å²) in [6.45, 7) is 1.23. The Hall–Kier alpha value is -3.22. The molecule has 1 aromatic carbocycles. The van der Waals surface area contributed by atoms with Crippen molar-refractivity contribution in [3.63, 3.8) is 0 Å². The lowest BCUT2D eigenvalue weighted by Crippen LogP contribution is -2.22. The molecule has 1 N–H and O–H groups in total. The van der Waals surface area contributed by atoms with Crippen LogP contribution in [0.3, 0.4) is 0 Å². The van der Waals surface area contributed by atoms with E-state index in [0.29, 0.717) is 29.9 Å². The molecule has 26 heavy (non-hydrogen) atoms. The first kappa shape index (κ1) is 16.3. The summed E-state index contributed by atoms with van der Waals surface area (Å²) in [5.41, 5.74) is 1.17. The molecule has 4 rings (SSSR count). The van der Waals surface area contributed by atoms with Gasteiger partial charge in [0.05, 0.1) is 17.5 Å². The summed E-state index contributed by atoms with van der Waals surface area (Å²) < 4.78 is 19.7. The molecule has 1 aliphatic rings. The van der Waals surface area contributed by atoms with Gasteiger partial charge in [-0.05, 0) is 36.8 Å². The van der Waals surface area contributed by atoms with E-state index in [-0.39, 0.29) is 11.4 Å². The highest BCUT2D eigenvalue weighted by Crippen LogP contribution is 2.31. The molecule has 1 saturated heterocycles. The molecule has 2 aromatic heterocycles. The number of carboxylic acid groups (broad SMARTS) is 1. The predicted octanol–water partition coefficient (Wildman–Crippen LogP) is 3.47. The molecule has 0 bridgehead atoms. The molecule has 0 saturated carbocycles. The largest absolute Gasteiger partial charge is 0.481 e. The fourth-order valence-electron chi connectivity index (χ4n) is 3.15. The number of halogens is 1. The van der Waals surface area contributed by atoms with Gasteiger partial charge in [-0.25, -0.2) is 4.39 Å². The minimum atomic E-state index is -0.752. The van der Waals surface area contributed by atoms with Crippen LogP contribution in [0, 0.1) is 11.7 Å². The van der Waals surface area contributed by atoms with Gasteiger partial charge in [-0.2, -0.15) is 0 Å². The van der Waals surface area contributed by atoms with Gasteiger partial charge in [0.1, 0.15) is 17.0 Å². The molecule has 0 aliphatic carbocycles. The zero-order valence-corrected chi connectivity index (χ0v) is 13.8. The topological polar surface area (TPSA) is 75.5 Å². The lowest BCUT2D eigenvalue weighted by Gasteiger charge is -2.18. The summed E-state index contributed by atoms with van der Waals surface area (Å²) in [5, 5.41) is 9.61. The van der Waals surface area contributed by atoms with Crippen molar-refractivity contribution < 1.29 is 19.0 Å². The molecule has 3 heterocycles. The molecule has 3 aromatic rings. The summed E-state index contributed by atoms with van der Waals surface area (Å²) in [6, 6.07) is 9.06. The van der Waals surface area contributed by atoms with Crippen LogP contribution < -0.4 is 9.64 Å². The molecule has 0 spiro atoms. The number of anilines is 1. The SMILES string of the molecule is O=C(O)[C@H]1CCN(c2ccc(Oc3ccnc4c(F)cncc34)cc2)C1. The van der Waals surface area contributed by atoms with Crippen molar-refractivity contribution in [2.24, 2.45) is 5.92 Å². The molecule has 1 atom stereocenters. The predicted molar refractivity (Wildman–Crippen MR) is 94.0 cm³/mol. The van der Waals surface area contributed by atoms with Gasteiger partial charge in [0.2, 0.25) is 0 Å². The second-order valence-corrected chi connectivity index (χ2v) is 6.19. The van der Waals surface area contributed by atoms with Gasteiger partial charge in [0.15, 0.2) is 5.82 Å². The van der Waals surface area contributed by atoms with Crippen molar-refractivity contribution in [2.75, 3.05) is 18.0 Å². The van der Waals surface area contributed by atoms with Crippen molar-refractivity contribution in [1.82, 2.24) is 9.97 Å². The normalized spacial score (nSPS) is 16.8. The molecular formula is C19H16FN3O3. The minimum Gasteiger partial charge on any atom is -0.481 e. The number of fused-ring (bicyclic) bond motifs is 1. The van der Waals surface area contributed by atoms with Crippen molar-refractivity contribution in [3.05, 3.63) is 54.7 Å². The van der Waals surface area contributed by atoms with E-state index in [9.17, 15) is 9.18 Å². The quantitative estimate of drug-likeness (QED) is 0.774. The fraction of sp³-hybridized carbons (Fsp3) is 0.211. The average molecular weight is 353 g/mol. The smallest absolute Gasteiger partial charge is 0.308 e. The number of benzene rings is 1. The van der Waals surface area contributed by atoms with Gasteiger partial charge in [-0.3, -0.25) is 14.8 Å². The van der Waals surface area contributed by atoms with Crippen LogP contribution in [0.5, 0.6) is 11.5 Å². The number of rotatable bonds is 4. The molecule has 0 unspecified atom stereocenters. The summed E-state index contributed by atoms with van der Waals surface area (Å²) in [5.74, 6) is -0.499. The first-order valence-electron chi connectivity index (χ1n) is 8.26. The molecule has 1 fully saturated rings. The van der Waals surface area contributed by atoms with E-state index in [2.05, 4.69) is 9.97 Å². The van der Waals surface area contributed by atoms with E-state index >= 15 is 0 Å². The molecule has 0 amide bonds. The zero-order valence-electron chi connectivity index (χ0n) is 13.8. The molecule has 7 heteroatoms. The molecular weight excluding hydrogens is 337 g/mol. The van der Waals surface area contributed by atoms with E-state index < -0.39 is 11.8 Å². The van der Waals surface area contributed by atoms with Gasteiger partial charge in [0.25, 0.3) is 0 Å². The second-order valence-electron chi connectivity index (χ2n) is 6.19. The number of ether oxygens (including phenoxy) is 1. The van der Waals surface area contributed by atoms with Crippen LogP contribution in [-0.2, 0) is 4.79 Å². The molecule has 1 aliphatic heterocycles. The number of nitrogens with zero attached hydrogens (tertiary/aromatic N) is 3. The number of hydrogen-bond donors (Lipinski definition) is 1. The van der Waals surface area contributed by atoms with Gasteiger partial charge < -0.3 is 14.7 Å². The zero-order chi connectivity index (χ0) is 18.1. The lowest BCUT2D eigenvalue weighted by molar-refractivity contribution is -0.140. The number of pyridine rings is 2. The van der Waals surface area contributed by atoms with Crippen LogP contribution in [0.4, 0.5) is 10.1 Å². The van der Waals surface area contributed by atoms with Crippen LogP contribution in [0.2, 0.25) is 0 Å². The number of aliphatic carboxylic acids is 1. The first-order chi connectivity index (χ1) is 12.6. The monoisotopic (exact) mass is 353 g/mol. The average Bonchev–Trinajstić information content (AvgIpc) is 3.14. The van der Waals surface area contributed by atoms with Crippen molar-refractivity contribution in [2.45, 2.75) is 6.42 Å². The Kier molecular flexibility index (Phi) is 4.12. The standard InChI is InChI=1S/C19H16FN3O3/c20-16-10-21-9-15-17(5-7-22-18(15)16)26-14-3-1-13(2-4-14)23-8-6-12(11-23)19(24)25/h1-5,7,9-10,12H,6,8,11H2,(H,24,25)/t12-/m0/s1. The first-order valence-corrected chi connectivity index (χ1v) is 8.26. The summed E-state index contributed by atoms with van der Waals surface area (Å²) >= 11 is 0. The van der Waals surface area contributed by atoms with Crippen LogP contribution >= 0.6 is 0 Å². The van der Waals surface area contributed by atoms with Gasteiger partial charge in [-0.1, -0.05) is 0 Å². The maximum Gasteiger partial charge on any atom is 0.308 e. The molecule has 6 nitrogen and oxygen atoms in total. The summed E-state index contributed by atoms with van der Waals surface area (Å²) in [7, 11) is 0. The fourth-order valence-corrected chi connectivity index (χ4v) is 3.15. The number of aromatic nitrogens is 2. The third-order valence-corrected chi connectivity index (χ3v) is 4.54. The van der Waals surface area contributed by atoms with E-state index in [1.165, 1.54) is 12.4 Å². The second kappa shape index (κ2) is 6.59. The van der Waals surface area contributed by atoms with Gasteiger partial charge in [0, 0.05) is 31.2 Å². The van der Waals surface area contributed by atoms with E-state index in [0.717, 1.165) is 18.4 Å². The molecule has 0 radical (unpaired) electrons. The Morgan fingerprint density at radius 3 is 2.77 bits per heavy atom. The number of hydrogen-bond acceptors (Lipinski definition) is 5. The summed E-state index contributed by atoms with van der Waals surface area (Å²) in [4.78, 5) is 21.0. The Morgan fingerprint density at radius 2 is 2.04 bits per heavy atom. The molecule has 132 valence electrons. The van der Waals surface area contributed by atoms with E-state index in [4.69, 9.17) is 9.84 Å². The van der Waals surface area contributed by atoms with Crippen molar-refractivity contribution in [3.8, 4) is 11.5 Å². The maximum absolute atomic E-state index is 13.8. The highest BCUT2D eigenvalue weighted by molar-refractivity contribution is 5.84. The van der Waals surface area contributed by atoms with E-state index in [1.54, 1.807) is 6.07 Å². The number of carbonyl (C=O) groups is 1. The Balaban J connectivity index is 1.54. The third-order valence-electron chi connectivity index (χ3n) is 4.54. The van der Waals surface area contributed by atoms with Crippen molar-refractivity contribution >= 4 is 22.6 Å². The third kappa shape index (κ3) is 3.03. The highest BCUT2D eigenvalue weighted by Gasteiger charge is 2.28. The van der Waals surface area contributed by atoms with Crippen LogP contribution in [0.1, 0.15) is 6.42 Å². The van der Waals surface area contributed by atoms with Gasteiger partial charge in [-0.15, -0.1) is 0 Å².